The number of benzene rings is 1. The Bertz CT molecular complexity index is 409. The van der Waals surface area contributed by atoms with Gasteiger partial charge in [0.2, 0.25) is 5.91 Å². The molecule has 0 aliphatic rings. The Balaban J connectivity index is 2.68. The lowest BCUT2D eigenvalue weighted by Gasteiger charge is -2.25. The van der Waals surface area contributed by atoms with Crippen LogP contribution in [-0.4, -0.2) is 11.4 Å². The Morgan fingerprint density at radius 3 is 2.37 bits per heavy atom. The van der Waals surface area contributed by atoms with Crippen LogP contribution < -0.4 is 11.1 Å². The second-order valence-electron chi connectivity index (χ2n) is 5.46. The summed E-state index contributed by atoms with van der Waals surface area (Å²) < 4.78 is 0. The first-order valence-electron chi connectivity index (χ1n) is 7.09. The van der Waals surface area contributed by atoms with E-state index < -0.39 is 5.54 Å². The lowest BCUT2D eigenvalue weighted by Crippen LogP contribution is -2.52. The Morgan fingerprint density at radius 1 is 1.32 bits per heavy atom. The van der Waals surface area contributed by atoms with E-state index in [1.807, 2.05) is 13.8 Å². The molecule has 1 aromatic carbocycles. The molecule has 0 radical (unpaired) electrons. The minimum absolute atomic E-state index is 0.0156. The summed E-state index contributed by atoms with van der Waals surface area (Å²) in [5, 5.41) is 2.99. The Morgan fingerprint density at radius 2 is 1.89 bits per heavy atom. The zero-order chi connectivity index (χ0) is 14.5. The van der Waals surface area contributed by atoms with Crippen molar-refractivity contribution in [2.24, 2.45) is 5.73 Å². The summed E-state index contributed by atoms with van der Waals surface area (Å²) in [4.78, 5) is 12.1. The third kappa shape index (κ3) is 4.35. The van der Waals surface area contributed by atoms with Crippen molar-refractivity contribution in [2.75, 3.05) is 0 Å². The molecule has 0 saturated heterocycles. The number of nitrogens with one attached hydrogen (secondary N) is 1. The van der Waals surface area contributed by atoms with Crippen molar-refractivity contribution in [2.45, 2.75) is 58.5 Å². The highest BCUT2D eigenvalue weighted by Gasteiger charge is 2.28. The summed E-state index contributed by atoms with van der Waals surface area (Å²) in [5.41, 5.74) is 7.66. The van der Waals surface area contributed by atoms with Crippen molar-refractivity contribution < 1.29 is 4.79 Å². The van der Waals surface area contributed by atoms with Gasteiger partial charge in [-0.3, -0.25) is 4.79 Å². The van der Waals surface area contributed by atoms with Crippen molar-refractivity contribution in [1.29, 1.82) is 0 Å². The maximum atomic E-state index is 12.1. The van der Waals surface area contributed by atoms with Crippen LogP contribution in [0, 0.1) is 0 Å². The fraction of sp³-hybridized carbons (Fsp3) is 0.562. The lowest BCUT2D eigenvalue weighted by molar-refractivity contribution is -0.126. The van der Waals surface area contributed by atoms with E-state index in [0.717, 1.165) is 18.4 Å². The molecule has 0 aromatic heterocycles. The first kappa shape index (κ1) is 15.7. The molecule has 0 aliphatic carbocycles. The fourth-order valence-electron chi connectivity index (χ4n) is 2.12. The number of aryl methyl sites for hydroxylation is 1. The average Bonchev–Trinajstić information content (AvgIpc) is 2.38. The third-order valence-corrected chi connectivity index (χ3v) is 3.52. The van der Waals surface area contributed by atoms with Crippen molar-refractivity contribution in [3.05, 3.63) is 35.4 Å². The van der Waals surface area contributed by atoms with Gasteiger partial charge in [-0.1, -0.05) is 44.5 Å². The molecule has 0 spiro atoms. The maximum absolute atomic E-state index is 12.1. The van der Waals surface area contributed by atoms with Crippen LogP contribution in [0.4, 0.5) is 0 Å². The monoisotopic (exact) mass is 262 g/mol. The number of hydrogen-bond donors (Lipinski definition) is 2. The molecule has 2 unspecified atom stereocenters. The minimum atomic E-state index is -0.785. The predicted octanol–water partition coefficient (Wildman–Crippen LogP) is 2.94. The van der Waals surface area contributed by atoms with Gasteiger partial charge >= 0.3 is 0 Å². The highest BCUT2D eigenvalue weighted by atomic mass is 16.2. The van der Waals surface area contributed by atoms with Gasteiger partial charge in [0.05, 0.1) is 11.6 Å². The molecule has 1 rings (SSSR count). The van der Waals surface area contributed by atoms with Crippen molar-refractivity contribution in [3.8, 4) is 0 Å². The van der Waals surface area contributed by atoms with Gasteiger partial charge in [-0.05, 0) is 37.8 Å². The second-order valence-corrected chi connectivity index (χ2v) is 5.46. The van der Waals surface area contributed by atoms with E-state index in [-0.39, 0.29) is 11.9 Å². The molecule has 3 N–H and O–H groups in total. The molecule has 0 aliphatic heterocycles. The highest BCUT2D eigenvalue weighted by molar-refractivity contribution is 5.85. The van der Waals surface area contributed by atoms with Gasteiger partial charge in [-0.25, -0.2) is 0 Å². The first-order valence-corrected chi connectivity index (χ1v) is 7.09. The number of rotatable bonds is 6. The van der Waals surface area contributed by atoms with E-state index in [1.54, 1.807) is 6.92 Å². The van der Waals surface area contributed by atoms with E-state index in [9.17, 15) is 4.79 Å². The van der Waals surface area contributed by atoms with Crippen molar-refractivity contribution in [3.63, 3.8) is 0 Å². The molecule has 2 atom stereocenters. The van der Waals surface area contributed by atoms with Gasteiger partial charge in [0.15, 0.2) is 0 Å². The SMILES string of the molecule is CCCC(C)(N)C(=O)NC(C)c1ccc(CC)cc1. The highest BCUT2D eigenvalue weighted by Crippen LogP contribution is 2.16. The first-order chi connectivity index (χ1) is 8.90. The van der Waals surface area contributed by atoms with Gasteiger partial charge in [-0.15, -0.1) is 0 Å². The summed E-state index contributed by atoms with van der Waals surface area (Å²) in [7, 11) is 0. The van der Waals surface area contributed by atoms with E-state index in [4.69, 9.17) is 5.73 Å². The molecule has 0 bridgehead atoms. The van der Waals surface area contributed by atoms with Gasteiger partial charge in [-0.2, -0.15) is 0 Å². The number of carbonyl (C=O) groups is 1. The van der Waals surface area contributed by atoms with E-state index in [2.05, 4.69) is 36.5 Å². The van der Waals surface area contributed by atoms with Gasteiger partial charge in [0.1, 0.15) is 0 Å². The molecular formula is C16H26N2O. The molecular weight excluding hydrogens is 236 g/mol. The van der Waals surface area contributed by atoms with Gasteiger partial charge < -0.3 is 11.1 Å². The standard InChI is InChI=1S/C16H26N2O/c1-5-11-16(4,17)15(19)18-12(3)14-9-7-13(6-2)8-10-14/h7-10,12H,5-6,11,17H2,1-4H3,(H,18,19). The zero-order valence-corrected chi connectivity index (χ0v) is 12.5. The third-order valence-electron chi connectivity index (χ3n) is 3.52. The molecule has 3 nitrogen and oxygen atoms in total. The maximum Gasteiger partial charge on any atom is 0.240 e. The topological polar surface area (TPSA) is 55.1 Å². The summed E-state index contributed by atoms with van der Waals surface area (Å²) >= 11 is 0. The second kappa shape index (κ2) is 6.71. The van der Waals surface area contributed by atoms with Crippen LogP contribution in [0.1, 0.15) is 57.7 Å². The quantitative estimate of drug-likeness (QED) is 0.828. The summed E-state index contributed by atoms with van der Waals surface area (Å²) in [5.74, 6) is -0.0820. The summed E-state index contributed by atoms with van der Waals surface area (Å²) in [6, 6.07) is 8.32. The zero-order valence-electron chi connectivity index (χ0n) is 12.5. The van der Waals surface area contributed by atoms with Crippen LogP contribution in [0.5, 0.6) is 0 Å². The molecule has 19 heavy (non-hydrogen) atoms. The molecule has 0 heterocycles. The van der Waals surface area contributed by atoms with Crippen LogP contribution in [-0.2, 0) is 11.2 Å². The van der Waals surface area contributed by atoms with Gasteiger partial charge in [0.25, 0.3) is 0 Å². The van der Waals surface area contributed by atoms with Crippen molar-refractivity contribution >= 4 is 5.91 Å². The van der Waals surface area contributed by atoms with Crippen molar-refractivity contribution in [1.82, 2.24) is 5.32 Å². The Hall–Kier alpha value is -1.35. The van der Waals surface area contributed by atoms with Gasteiger partial charge in [0, 0.05) is 0 Å². The number of amides is 1. The van der Waals surface area contributed by atoms with E-state index in [1.165, 1.54) is 5.56 Å². The summed E-state index contributed by atoms with van der Waals surface area (Å²) in [6.07, 6.45) is 2.62. The molecule has 106 valence electrons. The minimum Gasteiger partial charge on any atom is -0.348 e. The van der Waals surface area contributed by atoms with E-state index in [0.29, 0.717) is 6.42 Å². The normalized spacial score (nSPS) is 15.6. The van der Waals surface area contributed by atoms with Crippen LogP contribution in [0.25, 0.3) is 0 Å². The predicted molar refractivity (Wildman–Crippen MR) is 79.9 cm³/mol. The van der Waals surface area contributed by atoms with Crippen LogP contribution >= 0.6 is 0 Å². The average molecular weight is 262 g/mol. The van der Waals surface area contributed by atoms with Crippen LogP contribution in [0.15, 0.2) is 24.3 Å². The largest absolute Gasteiger partial charge is 0.348 e. The number of hydrogen-bond acceptors (Lipinski definition) is 2. The molecule has 0 saturated carbocycles. The smallest absolute Gasteiger partial charge is 0.240 e. The molecule has 1 amide bonds. The molecule has 3 heteroatoms. The van der Waals surface area contributed by atoms with Crippen LogP contribution in [0.2, 0.25) is 0 Å². The Kier molecular flexibility index (Phi) is 5.55. The number of nitrogens with two attached hydrogens (primary N) is 1. The fourth-order valence-corrected chi connectivity index (χ4v) is 2.12. The molecule has 0 fully saturated rings. The molecule has 1 aromatic rings. The summed E-state index contributed by atoms with van der Waals surface area (Å²) in [6.45, 7) is 7.94. The van der Waals surface area contributed by atoms with Crippen LogP contribution in [0.3, 0.4) is 0 Å². The lowest BCUT2D eigenvalue weighted by atomic mass is 9.95. The Labute approximate surface area is 116 Å². The number of carbonyl (C=O) groups excluding carboxylic acids is 1. The van der Waals surface area contributed by atoms with E-state index >= 15 is 0 Å².